The summed E-state index contributed by atoms with van der Waals surface area (Å²) in [5, 5.41) is 18.0. The van der Waals surface area contributed by atoms with Gasteiger partial charge in [0, 0.05) is 70.3 Å². The van der Waals surface area contributed by atoms with E-state index in [0.717, 1.165) is 68.4 Å². The first-order chi connectivity index (χ1) is 18.7. The van der Waals surface area contributed by atoms with Crippen molar-refractivity contribution in [2.45, 2.75) is 51.6 Å². The van der Waals surface area contributed by atoms with E-state index in [1.165, 1.54) is 18.6 Å². The van der Waals surface area contributed by atoms with Crippen LogP contribution in [-0.2, 0) is 4.79 Å². The lowest BCUT2D eigenvalue weighted by molar-refractivity contribution is -0.117. The number of anilines is 2. The SMILES string of the molecule is CC(C)N1CCN(C(=O)O)C(C2CCN(c3ccc(N4CCCC4=O)cn3)CC2)C1.O=C(O)N1C=CN=CC1. The number of aromatic nitrogens is 1. The normalized spacial score (nSPS) is 22.3. The van der Waals surface area contributed by atoms with E-state index in [1.807, 2.05) is 17.0 Å². The molecule has 0 radical (unpaired) electrons. The van der Waals surface area contributed by atoms with Crippen LogP contribution in [-0.4, -0.2) is 112 Å². The van der Waals surface area contributed by atoms with Gasteiger partial charge in [0.25, 0.3) is 0 Å². The first-order valence-corrected chi connectivity index (χ1v) is 13.7. The predicted molar refractivity (Wildman–Crippen MR) is 148 cm³/mol. The van der Waals surface area contributed by atoms with Gasteiger partial charge in [-0.05, 0) is 51.2 Å². The molecule has 0 saturated carbocycles. The van der Waals surface area contributed by atoms with Gasteiger partial charge in [-0.2, -0.15) is 0 Å². The van der Waals surface area contributed by atoms with E-state index in [-0.39, 0.29) is 11.9 Å². The Balaban J connectivity index is 0.000000333. The summed E-state index contributed by atoms with van der Waals surface area (Å²) in [6, 6.07) is 4.50. The molecular weight excluding hydrogens is 502 g/mol. The van der Waals surface area contributed by atoms with Gasteiger partial charge in [-0.15, -0.1) is 0 Å². The Hall–Kier alpha value is -3.67. The number of piperazine rings is 1. The first-order valence-electron chi connectivity index (χ1n) is 13.7. The van der Waals surface area contributed by atoms with Gasteiger partial charge < -0.3 is 24.9 Å². The fourth-order valence-electron chi connectivity index (χ4n) is 5.62. The van der Waals surface area contributed by atoms with Crippen LogP contribution in [0.4, 0.5) is 21.1 Å². The Kier molecular flexibility index (Phi) is 9.39. The van der Waals surface area contributed by atoms with E-state index in [4.69, 9.17) is 5.11 Å². The van der Waals surface area contributed by atoms with E-state index in [9.17, 15) is 19.5 Å². The minimum absolute atomic E-state index is 0.0670. The van der Waals surface area contributed by atoms with E-state index < -0.39 is 12.2 Å². The molecule has 3 amide bonds. The van der Waals surface area contributed by atoms with Crippen molar-refractivity contribution in [1.29, 1.82) is 0 Å². The number of carboxylic acid groups (broad SMARTS) is 2. The lowest BCUT2D eigenvalue weighted by Gasteiger charge is -2.47. The smallest absolute Gasteiger partial charge is 0.411 e. The lowest BCUT2D eigenvalue weighted by atomic mass is 9.87. The quantitative estimate of drug-likeness (QED) is 0.594. The second kappa shape index (κ2) is 12.9. The summed E-state index contributed by atoms with van der Waals surface area (Å²) in [6.45, 7) is 9.49. The zero-order chi connectivity index (χ0) is 27.9. The van der Waals surface area contributed by atoms with Gasteiger partial charge in [-0.25, -0.2) is 14.6 Å². The van der Waals surface area contributed by atoms with E-state index >= 15 is 0 Å². The maximum Gasteiger partial charge on any atom is 0.411 e. The Labute approximate surface area is 229 Å². The van der Waals surface area contributed by atoms with Gasteiger partial charge in [-0.3, -0.25) is 19.6 Å². The zero-order valence-electron chi connectivity index (χ0n) is 22.7. The summed E-state index contributed by atoms with van der Waals surface area (Å²) in [5.41, 5.74) is 0.879. The van der Waals surface area contributed by atoms with Crippen LogP contribution in [0.1, 0.15) is 39.5 Å². The summed E-state index contributed by atoms with van der Waals surface area (Å²) in [6.07, 6.45) is 7.93. The molecule has 3 saturated heterocycles. The van der Waals surface area contributed by atoms with Crippen molar-refractivity contribution < 1.29 is 24.6 Å². The third-order valence-electron chi connectivity index (χ3n) is 7.91. The van der Waals surface area contributed by atoms with Crippen molar-refractivity contribution in [3.63, 3.8) is 0 Å². The molecule has 5 heterocycles. The largest absolute Gasteiger partial charge is 0.465 e. The molecule has 2 N–H and O–H groups in total. The maximum atomic E-state index is 11.9. The Morgan fingerprint density at radius 3 is 2.31 bits per heavy atom. The molecule has 3 fully saturated rings. The molecule has 0 aromatic carbocycles. The highest BCUT2D eigenvalue weighted by Gasteiger charge is 2.38. The van der Waals surface area contributed by atoms with Crippen molar-refractivity contribution >= 4 is 35.8 Å². The third kappa shape index (κ3) is 7.05. The number of carbonyl (C=O) groups is 3. The van der Waals surface area contributed by atoms with Crippen LogP contribution in [0.15, 0.2) is 35.7 Å². The van der Waals surface area contributed by atoms with Crippen molar-refractivity contribution in [2.24, 2.45) is 10.9 Å². The molecule has 1 atom stereocenters. The van der Waals surface area contributed by atoms with Gasteiger partial charge in [0.15, 0.2) is 0 Å². The van der Waals surface area contributed by atoms with E-state index in [0.29, 0.717) is 31.5 Å². The molecule has 12 nitrogen and oxygen atoms in total. The Morgan fingerprint density at radius 2 is 1.79 bits per heavy atom. The van der Waals surface area contributed by atoms with Crippen molar-refractivity contribution in [3.8, 4) is 0 Å². The highest BCUT2D eigenvalue weighted by molar-refractivity contribution is 5.95. The number of hydrogen-bond donors (Lipinski definition) is 2. The number of amides is 3. The fourth-order valence-corrected chi connectivity index (χ4v) is 5.62. The summed E-state index contributed by atoms with van der Waals surface area (Å²) >= 11 is 0. The van der Waals surface area contributed by atoms with Gasteiger partial charge in [0.2, 0.25) is 5.91 Å². The van der Waals surface area contributed by atoms with Crippen LogP contribution in [0.25, 0.3) is 0 Å². The minimum Gasteiger partial charge on any atom is -0.465 e. The van der Waals surface area contributed by atoms with E-state index in [1.54, 1.807) is 11.1 Å². The summed E-state index contributed by atoms with van der Waals surface area (Å²) in [7, 11) is 0. The van der Waals surface area contributed by atoms with Crippen LogP contribution in [0.5, 0.6) is 0 Å². The molecule has 1 aromatic rings. The lowest BCUT2D eigenvalue weighted by Crippen LogP contribution is -2.60. The Bertz CT molecular complexity index is 1070. The number of rotatable bonds is 4. The molecular formula is C27H39N7O5. The fraction of sp³-hybridized carbons (Fsp3) is 0.593. The standard InChI is InChI=1S/C22H33N5O3.C5H6N2O2/c1-16(2)25-12-13-27(22(29)30)19(15-25)17-7-10-24(11-8-17)20-6-5-18(14-23-20)26-9-3-4-21(26)28;8-5(9)7-3-1-6-2-4-7/h5-6,14,16-17,19H,3-4,7-13,15H2,1-2H3,(H,29,30);1-3H,4H2,(H,8,9). The molecule has 0 aliphatic carbocycles. The number of piperidine rings is 1. The van der Waals surface area contributed by atoms with Crippen LogP contribution >= 0.6 is 0 Å². The van der Waals surface area contributed by atoms with Crippen LogP contribution in [0, 0.1) is 5.92 Å². The third-order valence-corrected chi connectivity index (χ3v) is 7.91. The molecule has 5 rings (SSSR count). The maximum absolute atomic E-state index is 11.9. The second-order valence-corrected chi connectivity index (χ2v) is 10.5. The minimum atomic E-state index is -0.947. The number of carbonyl (C=O) groups excluding carboxylic acids is 1. The first kappa shape index (κ1) is 28.3. The molecule has 4 aliphatic heterocycles. The number of hydrogen-bond acceptors (Lipinski definition) is 7. The molecule has 0 spiro atoms. The molecule has 4 aliphatic rings. The molecule has 1 aromatic heterocycles. The summed E-state index contributed by atoms with van der Waals surface area (Å²) < 4.78 is 0. The van der Waals surface area contributed by atoms with Crippen molar-refractivity contribution in [3.05, 3.63) is 30.7 Å². The topological polar surface area (TPSA) is 133 Å². The highest BCUT2D eigenvalue weighted by Crippen LogP contribution is 2.30. The average Bonchev–Trinajstić information content (AvgIpc) is 3.39. The highest BCUT2D eigenvalue weighted by atomic mass is 16.4. The van der Waals surface area contributed by atoms with Gasteiger partial charge >= 0.3 is 12.2 Å². The summed E-state index contributed by atoms with van der Waals surface area (Å²) in [5.74, 6) is 1.49. The van der Waals surface area contributed by atoms with Crippen LogP contribution in [0.2, 0.25) is 0 Å². The average molecular weight is 542 g/mol. The van der Waals surface area contributed by atoms with Crippen LogP contribution in [0.3, 0.4) is 0 Å². The predicted octanol–water partition coefficient (Wildman–Crippen LogP) is 3.02. The monoisotopic (exact) mass is 541 g/mol. The number of nitrogens with zero attached hydrogens (tertiary/aromatic N) is 7. The van der Waals surface area contributed by atoms with Gasteiger partial charge in [-0.1, -0.05) is 0 Å². The molecule has 1 unspecified atom stereocenters. The Morgan fingerprint density at radius 1 is 1.03 bits per heavy atom. The second-order valence-electron chi connectivity index (χ2n) is 10.5. The molecule has 12 heteroatoms. The number of aliphatic imine (C=N–C) groups is 1. The van der Waals surface area contributed by atoms with Crippen LogP contribution < -0.4 is 9.80 Å². The number of pyridine rings is 1. The zero-order valence-corrected chi connectivity index (χ0v) is 22.7. The van der Waals surface area contributed by atoms with Gasteiger partial charge in [0.1, 0.15) is 5.82 Å². The molecule has 39 heavy (non-hydrogen) atoms. The van der Waals surface area contributed by atoms with Crippen molar-refractivity contribution in [1.82, 2.24) is 19.7 Å². The van der Waals surface area contributed by atoms with Crippen molar-refractivity contribution in [2.75, 3.05) is 55.6 Å². The van der Waals surface area contributed by atoms with E-state index in [2.05, 4.69) is 33.6 Å². The summed E-state index contributed by atoms with van der Waals surface area (Å²) in [4.78, 5) is 51.5. The van der Waals surface area contributed by atoms with Gasteiger partial charge in [0.05, 0.1) is 24.5 Å². The molecule has 212 valence electrons. The molecule has 0 bridgehead atoms.